The van der Waals surface area contributed by atoms with E-state index in [9.17, 15) is 9.59 Å². The SMILES string of the molecule is CCCC(=O)NC1=C(C(=O)OCC)C2(CCCCC2)Cc2c(C)ccc(C)c21. The van der Waals surface area contributed by atoms with Gasteiger partial charge in [-0.05, 0) is 63.1 Å². The van der Waals surface area contributed by atoms with Crippen molar-refractivity contribution in [3.8, 4) is 0 Å². The van der Waals surface area contributed by atoms with Crippen LogP contribution in [0, 0.1) is 19.3 Å². The number of nitrogens with one attached hydrogen (secondary N) is 1. The quantitative estimate of drug-likeness (QED) is 0.728. The van der Waals surface area contributed by atoms with Gasteiger partial charge in [0.2, 0.25) is 5.91 Å². The smallest absolute Gasteiger partial charge is 0.336 e. The highest BCUT2D eigenvalue weighted by molar-refractivity contribution is 6.03. The van der Waals surface area contributed by atoms with Crippen molar-refractivity contribution in [1.29, 1.82) is 0 Å². The Bertz CT molecular complexity index is 800. The number of aryl methyl sites for hydroxylation is 2. The number of hydrogen-bond acceptors (Lipinski definition) is 3. The largest absolute Gasteiger partial charge is 0.463 e. The summed E-state index contributed by atoms with van der Waals surface area (Å²) < 4.78 is 5.52. The highest BCUT2D eigenvalue weighted by atomic mass is 16.5. The minimum Gasteiger partial charge on any atom is -0.463 e. The van der Waals surface area contributed by atoms with Gasteiger partial charge in [0, 0.05) is 17.4 Å². The number of fused-ring (bicyclic) bond motifs is 1. The van der Waals surface area contributed by atoms with E-state index in [4.69, 9.17) is 4.74 Å². The molecule has 0 aliphatic heterocycles. The van der Waals surface area contributed by atoms with Crippen molar-refractivity contribution in [3.63, 3.8) is 0 Å². The zero-order valence-corrected chi connectivity index (χ0v) is 17.7. The fraction of sp³-hybridized carbons (Fsp3) is 0.583. The summed E-state index contributed by atoms with van der Waals surface area (Å²) in [6, 6.07) is 4.24. The third kappa shape index (κ3) is 3.74. The van der Waals surface area contributed by atoms with Gasteiger partial charge in [-0.25, -0.2) is 4.79 Å². The second kappa shape index (κ2) is 8.50. The van der Waals surface area contributed by atoms with Crippen LogP contribution in [0.3, 0.4) is 0 Å². The van der Waals surface area contributed by atoms with Gasteiger partial charge in [0.1, 0.15) is 0 Å². The predicted octanol–water partition coefficient (Wildman–Crippen LogP) is 5.00. The third-order valence-corrected chi connectivity index (χ3v) is 6.33. The molecular formula is C24H33NO3. The summed E-state index contributed by atoms with van der Waals surface area (Å²) in [5.41, 5.74) is 5.83. The standard InChI is InChI=1S/C24H33NO3/c1-5-10-19(26)25-22-20-17(4)12-11-16(3)18(20)15-24(13-8-7-9-14-24)21(22)23(27)28-6-2/h11-12H,5-10,13-15H2,1-4H3,(H,25,26). The number of carbonyl (C=O) groups excluding carboxylic acids is 2. The van der Waals surface area contributed by atoms with Gasteiger partial charge in [-0.2, -0.15) is 0 Å². The fourth-order valence-electron chi connectivity index (χ4n) is 4.99. The maximum Gasteiger partial charge on any atom is 0.336 e. The minimum absolute atomic E-state index is 0.0287. The van der Waals surface area contributed by atoms with E-state index >= 15 is 0 Å². The topological polar surface area (TPSA) is 55.4 Å². The molecule has 1 saturated carbocycles. The second-order valence-electron chi connectivity index (χ2n) is 8.34. The van der Waals surface area contributed by atoms with Crippen molar-refractivity contribution < 1.29 is 14.3 Å². The van der Waals surface area contributed by atoms with Crippen LogP contribution in [0.15, 0.2) is 17.7 Å². The van der Waals surface area contributed by atoms with Gasteiger partial charge >= 0.3 is 5.97 Å². The van der Waals surface area contributed by atoms with Crippen molar-refractivity contribution in [2.75, 3.05) is 6.61 Å². The number of esters is 1. The van der Waals surface area contributed by atoms with E-state index in [1.807, 2.05) is 13.8 Å². The Labute approximate surface area is 168 Å². The maximum absolute atomic E-state index is 13.2. The summed E-state index contributed by atoms with van der Waals surface area (Å²) in [5, 5.41) is 3.14. The molecule has 0 radical (unpaired) electrons. The molecule has 0 atom stereocenters. The zero-order chi connectivity index (χ0) is 20.3. The molecule has 1 aromatic carbocycles. The Hall–Kier alpha value is -2.10. The van der Waals surface area contributed by atoms with Crippen molar-refractivity contribution in [3.05, 3.63) is 40.0 Å². The first-order valence-electron chi connectivity index (χ1n) is 10.7. The van der Waals surface area contributed by atoms with Crippen LogP contribution in [0.4, 0.5) is 0 Å². The van der Waals surface area contributed by atoms with Crippen LogP contribution in [-0.2, 0) is 20.7 Å². The highest BCUT2D eigenvalue weighted by Crippen LogP contribution is 2.52. The molecule has 2 aliphatic carbocycles. The molecule has 28 heavy (non-hydrogen) atoms. The summed E-state index contributed by atoms with van der Waals surface area (Å²) >= 11 is 0. The molecule has 4 nitrogen and oxygen atoms in total. The van der Waals surface area contributed by atoms with Crippen molar-refractivity contribution >= 4 is 17.6 Å². The Morgan fingerprint density at radius 3 is 2.39 bits per heavy atom. The van der Waals surface area contributed by atoms with Crippen LogP contribution in [0.5, 0.6) is 0 Å². The van der Waals surface area contributed by atoms with Gasteiger partial charge in [0.15, 0.2) is 0 Å². The van der Waals surface area contributed by atoms with E-state index in [1.165, 1.54) is 17.5 Å². The van der Waals surface area contributed by atoms with E-state index in [2.05, 4.69) is 31.3 Å². The molecule has 152 valence electrons. The van der Waals surface area contributed by atoms with Gasteiger partial charge in [0.25, 0.3) is 0 Å². The third-order valence-electron chi connectivity index (χ3n) is 6.33. The molecule has 3 rings (SSSR count). The lowest BCUT2D eigenvalue weighted by Gasteiger charge is -2.44. The lowest BCUT2D eigenvalue weighted by Crippen LogP contribution is -2.41. The van der Waals surface area contributed by atoms with Gasteiger partial charge in [-0.3, -0.25) is 4.79 Å². The fourth-order valence-corrected chi connectivity index (χ4v) is 4.99. The predicted molar refractivity (Wildman–Crippen MR) is 112 cm³/mol. The molecule has 1 aromatic rings. The Balaban J connectivity index is 2.26. The first-order chi connectivity index (χ1) is 13.4. The molecule has 1 spiro atoms. The number of rotatable bonds is 5. The molecule has 1 N–H and O–H groups in total. The van der Waals surface area contributed by atoms with E-state index < -0.39 is 0 Å². The lowest BCUT2D eigenvalue weighted by molar-refractivity contribution is -0.140. The molecule has 4 heteroatoms. The van der Waals surface area contributed by atoms with E-state index in [0.29, 0.717) is 24.3 Å². The van der Waals surface area contributed by atoms with Crippen LogP contribution >= 0.6 is 0 Å². The average Bonchev–Trinajstić information content (AvgIpc) is 2.65. The number of carbonyl (C=O) groups is 2. The van der Waals surface area contributed by atoms with Crippen molar-refractivity contribution in [2.45, 2.75) is 79.1 Å². The summed E-state index contributed by atoms with van der Waals surface area (Å²) in [7, 11) is 0. The van der Waals surface area contributed by atoms with Crippen molar-refractivity contribution in [1.82, 2.24) is 5.32 Å². The minimum atomic E-state index is -0.261. The normalized spacial score (nSPS) is 18.0. The maximum atomic E-state index is 13.2. The second-order valence-corrected chi connectivity index (χ2v) is 8.34. The summed E-state index contributed by atoms with van der Waals surface area (Å²) in [6.45, 7) is 8.37. The molecule has 0 saturated heterocycles. The van der Waals surface area contributed by atoms with Crippen molar-refractivity contribution in [2.24, 2.45) is 5.41 Å². The molecule has 1 fully saturated rings. The van der Waals surface area contributed by atoms with Crippen LogP contribution in [0.2, 0.25) is 0 Å². The zero-order valence-electron chi connectivity index (χ0n) is 17.7. The van der Waals surface area contributed by atoms with Crippen LogP contribution in [-0.4, -0.2) is 18.5 Å². The molecule has 2 aliphatic rings. The van der Waals surface area contributed by atoms with Gasteiger partial charge in [-0.1, -0.05) is 38.3 Å². The first-order valence-corrected chi connectivity index (χ1v) is 10.7. The number of amides is 1. The lowest BCUT2D eigenvalue weighted by atomic mass is 9.61. The molecular weight excluding hydrogens is 350 g/mol. The summed E-state index contributed by atoms with van der Waals surface area (Å²) in [6.07, 6.45) is 7.46. The summed E-state index contributed by atoms with van der Waals surface area (Å²) in [4.78, 5) is 25.8. The van der Waals surface area contributed by atoms with Crippen LogP contribution in [0.1, 0.15) is 81.0 Å². The number of benzene rings is 1. The molecule has 0 bridgehead atoms. The van der Waals surface area contributed by atoms with E-state index in [-0.39, 0.29) is 17.3 Å². The monoisotopic (exact) mass is 383 g/mol. The summed E-state index contributed by atoms with van der Waals surface area (Å²) in [5.74, 6) is -0.290. The van der Waals surface area contributed by atoms with Gasteiger partial charge in [0.05, 0.1) is 17.9 Å². The first kappa shape index (κ1) is 20.6. The number of ether oxygens (including phenoxy) is 1. The van der Waals surface area contributed by atoms with Gasteiger partial charge < -0.3 is 10.1 Å². The Kier molecular flexibility index (Phi) is 6.26. The number of hydrogen-bond donors (Lipinski definition) is 1. The van der Waals surface area contributed by atoms with Crippen LogP contribution < -0.4 is 5.32 Å². The van der Waals surface area contributed by atoms with Crippen LogP contribution in [0.25, 0.3) is 5.70 Å². The Morgan fingerprint density at radius 1 is 1.07 bits per heavy atom. The molecule has 0 unspecified atom stereocenters. The van der Waals surface area contributed by atoms with Gasteiger partial charge in [-0.15, -0.1) is 0 Å². The average molecular weight is 384 g/mol. The molecule has 0 aromatic heterocycles. The van der Waals surface area contributed by atoms with E-state index in [1.54, 1.807) is 0 Å². The Morgan fingerprint density at radius 2 is 1.75 bits per heavy atom. The van der Waals surface area contributed by atoms with E-state index in [0.717, 1.165) is 49.7 Å². The molecule has 1 amide bonds. The highest BCUT2D eigenvalue weighted by Gasteiger charge is 2.46. The molecule has 0 heterocycles.